The number of hydrogen-bond acceptors (Lipinski definition) is 3. The molecule has 21 heavy (non-hydrogen) atoms. The summed E-state index contributed by atoms with van der Waals surface area (Å²) in [5, 5.41) is 15.1. The van der Waals surface area contributed by atoms with Crippen LogP contribution >= 0.6 is 0 Å². The zero-order chi connectivity index (χ0) is 15.8. The van der Waals surface area contributed by atoms with Crippen LogP contribution < -0.4 is 10.6 Å². The van der Waals surface area contributed by atoms with Gasteiger partial charge in [-0.15, -0.1) is 0 Å². The summed E-state index contributed by atoms with van der Waals surface area (Å²) in [5.74, 6) is 0.431. The van der Waals surface area contributed by atoms with E-state index >= 15 is 0 Å². The molecule has 0 saturated heterocycles. The second-order valence-corrected chi connectivity index (χ2v) is 6.59. The molecule has 2 amide bonds. The van der Waals surface area contributed by atoms with E-state index in [1.807, 2.05) is 13.8 Å². The van der Waals surface area contributed by atoms with Gasteiger partial charge < -0.3 is 15.7 Å². The molecule has 0 aromatic heterocycles. The van der Waals surface area contributed by atoms with Crippen molar-refractivity contribution in [2.24, 2.45) is 11.8 Å². The number of aliphatic hydroxyl groups is 1. The molecule has 1 saturated carbocycles. The molecule has 0 heterocycles. The van der Waals surface area contributed by atoms with Crippen molar-refractivity contribution in [3.8, 4) is 0 Å². The fourth-order valence-corrected chi connectivity index (χ4v) is 2.90. The fraction of sp³-hybridized carbons (Fsp3) is 0.875. The van der Waals surface area contributed by atoms with E-state index in [1.54, 1.807) is 6.92 Å². The maximum absolute atomic E-state index is 12.0. The first-order valence-corrected chi connectivity index (χ1v) is 8.13. The molecule has 0 radical (unpaired) electrons. The lowest BCUT2D eigenvalue weighted by Gasteiger charge is -2.18. The van der Waals surface area contributed by atoms with E-state index in [9.17, 15) is 14.7 Å². The molecule has 1 fully saturated rings. The Kier molecular flexibility index (Phi) is 7.72. The van der Waals surface area contributed by atoms with Gasteiger partial charge in [-0.1, -0.05) is 19.8 Å². The number of carbonyl (C=O) groups excluding carboxylic acids is 2. The van der Waals surface area contributed by atoms with Gasteiger partial charge in [-0.25, -0.2) is 0 Å². The van der Waals surface area contributed by atoms with Crippen molar-refractivity contribution < 1.29 is 14.7 Å². The normalized spacial score (nSPS) is 19.8. The molecule has 0 bridgehead atoms. The van der Waals surface area contributed by atoms with E-state index < -0.39 is 0 Å². The van der Waals surface area contributed by atoms with Crippen LogP contribution in [-0.4, -0.2) is 35.6 Å². The molecule has 5 heteroatoms. The van der Waals surface area contributed by atoms with Gasteiger partial charge in [-0.3, -0.25) is 9.59 Å². The van der Waals surface area contributed by atoms with Gasteiger partial charge in [-0.05, 0) is 39.0 Å². The number of aliphatic hydroxyl groups excluding tert-OH is 1. The van der Waals surface area contributed by atoms with Crippen LogP contribution in [0.1, 0.15) is 59.3 Å². The molecular formula is C16H30N2O3. The molecule has 1 aliphatic carbocycles. The van der Waals surface area contributed by atoms with Crippen molar-refractivity contribution in [1.82, 2.24) is 10.6 Å². The Morgan fingerprint density at radius 3 is 2.38 bits per heavy atom. The molecule has 5 nitrogen and oxygen atoms in total. The zero-order valence-electron chi connectivity index (χ0n) is 13.5. The Labute approximate surface area is 127 Å². The summed E-state index contributed by atoms with van der Waals surface area (Å²) in [5.41, 5.74) is 0. The SMILES string of the molecule is CC(O)CC(C)CNC(=O)CC(C)NC(=O)C1CCCC1. The van der Waals surface area contributed by atoms with E-state index in [0.29, 0.717) is 19.4 Å². The maximum Gasteiger partial charge on any atom is 0.223 e. The summed E-state index contributed by atoms with van der Waals surface area (Å²) < 4.78 is 0. The monoisotopic (exact) mass is 298 g/mol. The van der Waals surface area contributed by atoms with Crippen LogP contribution in [0.2, 0.25) is 0 Å². The van der Waals surface area contributed by atoms with Crippen LogP contribution in [0.3, 0.4) is 0 Å². The summed E-state index contributed by atoms with van der Waals surface area (Å²) in [7, 11) is 0. The molecule has 3 unspecified atom stereocenters. The topological polar surface area (TPSA) is 78.4 Å². The van der Waals surface area contributed by atoms with Crippen LogP contribution in [0.5, 0.6) is 0 Å². The molecule has 1 rings (SSSR count). The van der Waals surface area contributed by atoms with Crippen molar-refractivity contribution >= 4 is 11.8 Å². The molecule has 0 aromatic rings. The molecule has 0 spiro atoms. The molecule has 3 atom stereocenters. The van der Waals surface area contributed by atoms with Crippen molar-refractivity contribution in [2.75, 3.05) is 6.54 Å². The first-order chi connectivity index (χ1) is 9.88. The predicted molar refractivity (Wildman–Crippen MR) is 82.7 cm³/mol. The average molecular weight is 298 g/mol. The van der Waals surface area contributed by atoms with Crippen LogP contribution in [0, 0.1) is 11.8 Å². The van der Waals surface area contributed by atoms with Crippen LogP contribution in [0.15, 0.2) is 0 Å². The quantitative estimate of drug-likeness (QED) is 0.637. The van der Waals surface area contributed by atoms with Crippen molar-refractivity contribution in [1.29, 1.82) is 0 Å². The molecular weight excluding hydrogens is 268 g/mol. The first-order valence-electron chi connectivity index (χ1n) is 8.13. The highest BCUT2D eigenvalue weighted by molar-refractivity contribution is 5.81. The molecule has 0 aliphatic heterocycles. The van der Waals surface area contributed by atoms with E-state index in [0.717, 1.165) is 25.7 Å². The highest BCUT2D eigenvalue weighted by Crippen LogP contribution is 2.24. The van der Waals surface area contributed by atoms with Crippen molar-refractivity contribution in [3.05, 3.63) is 0 Å². The van der Waals surface area contributed by atoms with Crippen molar-refractivity contribution in [2.45, 2.75) is 71.4 Å². The average Bonchev–Trinajstić information content (AvgIpc) is 2.89. The second kappa shape index (κ2) is 9.03. The minimum absolute atomic E-state index is 0.0494. The lowest BCUT2D eigenvalue weighted by atomic mass is 10.0. The van der Waals surface area contributed by atoms with Gasteiger partial charge in [0.15, 0.2) is 0 Å². The van der Waals surface area contributed by atoms with Gasteiger partial charge in [0.1, 0.15) is 0 Å². The lowest BCUT2D eigenvalue weighted by Crippen LogP contribution is -2.40. The molecule has 3 N–H and O–H groups in total. The highest BCUT2D eigenvalue weighted by Gasteiger charge is 2.24. The number of carbonyl (C=O) groups is 2. The Bertz CT molecular complexity index is 338. The summed E-state index contributed by atoms with van der Waals surface area (Å²) in [6.07, 6.45) is 4.85. The lowest BCUT2D eigenvalue weighted by molar-refractivity contribution is -0.126. The standard InChI is InChI=1S/C16H30N2O3/c1-11(8-13(3)19)10-17-15(20)9-12(2)18-16(21)14-6-4-5-7-14/h11-14,19H,4-10H2,1-3H3,(H,17,20)(H,18,21). The smallest absolute Gasteiger partial charge is 0.223 e. The molecule has 122 valence electrons. The van der Waals surface area contributed by atoms with Crippen LogP contribution in [0.4, 0.5) is 0 Å². The highest BCUT2D eigenvalue weighted by atomic mass is 16.3. The number of rotatable bonds is 8. The summed E-state index contributed by atoms with van der Waals surface area (Å²) in [4.78, 5) is 23.8. The van der Waals surface area contributed by atoms with Crippen molar-refractivity contribution in [3.63, 3.8) is 0 Å². The third kappa shape index (κ3) is 7.46. The number of amides is 2. The molecule has 1 aliphatic rings. The summed E-state index contributed by atoms with van der Waals surface area (Å²) in [6.45, 7) is 6.18. The minimum Gasteiger partial charge on any atom is -0.393 e. The van der Waals surface area contributed by atoms with Gasteiger partial charge in [0.2, 0.25) is 11.8 Å². The minimum atomic E-state index is -0.346. The van der Waals surface area contributed by atoms with E-state index in [-0.39, 0.29) is 35.8 Å². The summed E-state index contributed by atoms with van der Waals surface area (Å²) in [6, 6.07) is -0.134. The van der Waals surface area contributed by atoms with Gasteiger partial charge in [0.25, 0.3) is 0 Å². The maximum atomic E-state index is 12.0. The Morgan fingerprint density at radius 2 is 1.81 bits per heavy atom. The van der Waals surface area contributed by atoms with Crippen LogP contribution in [-0.2, 0) is 9.59 Å². The Balaban J connectivity index is 2.19. The second-order valence-electron chi connectivity index (χ2n) is 6.59. The van der Waals surface area contributed by atoms with E-state index in [4.69, 9.17) is 0 Å². The third-order valence-corrected chi connectivity index (χ3v) is 4.00. The largest absolute Gasteiger partial charge is 0.393 e. The third-order valence-electron chi connectivity index (χ3n) is 4.00. The van der Waals surface area contributed by atoms with Gasteiger partial charge in [-0.2, -0.15) is 0 Å². The Morgan fingerprint density at radius 1 is 1.19 bits per heavy atom. The zero-order valence-corrected chi connectivity index (χ0v) is 13.5. The van der Waals surface area contributed by atoms with Gasteiger partial charge in [0.05, 0.1) is 6.10 Å². The van der Waals surface area contributed by atoms with Gasteiger partial charge in [0, 0.05) is 24.9 Å². The predicted octanol–water partition coefficient (Wildman–Crippen LogP) is 1.59. The first kappa shape index (κ1) is 18.0. The van der Waals surface area contributed by atoms with Crippen LogP contribution in [0.25, 0.3) is 0 Å². The fourth-order valence-electron chi connectivity index (χ4n) is 2.90. The summed E-state index contributed by atoms with van der Waals surface area (Å²) >= 11 is 0. The number of hydrogen-bond donors (Lipinski definition) is 3. The Hall–Kier alpha value is -1.10. The number of nitrogens with one attached hydrogen (secondary N) is 2. The van der Waals surface area contributed by atoms with Gasteiger partial charge >= 0.3 is 0 Å². The van der Waals surface area contributed by atoms with E-state index in [1.165, 1.54) is 0 Å². The molecule has 0 aromatic carbocycles. The van der Waals surface area contributed by atoms with E-state index in [2.05, 4.69) is 10.6 Å².